The number of aromatic nitrogens is 2. The third-order valence-electron chi connectivity index (χ3n) is 3.79. The number of fused-ring (bicyclic) bond motifs is 1. The minimum atomic E-state index is -0.447. The summed E-state index contributed by atoms with van der Waals surface area (Å²) >= 11 is 1.31. The Morgan fingerprint density at radius 1 is 1.19 bits per heavy atom. The van der Waals surface area contributed by atoms with Crippen LogP contribution in [0.25, 0.3) is 33.9 Å². The van der Waals surface area contributed by atoms with Crippen LogP contribution in [-0.2, 0) is 0 Å². The van der Waals surface area contributed by atoms with Crippen molar-refractivity contribution >= 4 is 34.0 Å². The number of rotatable bonds is 3. The Hall–Kier alpha value is -3.56. The van der Waals surface area contributed by atoms with Crippen LogP contribution in [0.1, 0.15) is 10.6 Å². The zero-order valence-corrected chi connectivity index (χ0v) is 14.2. The number of hydrogen-bond donors (Lipinski definition) is 0. The van der Waals surface area contributed by atoms with E-state index in [0.29, 0.717) is 27.4 Å². The summed E-state index contributed by atoms with van der Waals surface area (Å²) in [7, 11) is 0. The largest absolute Gasteiger partial charge is 0.422 e. The van der Waals surface area contributed by atoms with Gasteiger partial charge in [-0.25, -0.2) is 9.78 Å². The Labute approximate surface area is 152 Å². The van der Waals surface area contributed by atoms with Crippen LogP contribution >= 0.6 is 11.3 Å². The summed E-state index contributed by atoms with van der Waals surface area (Å²) in [5, 5.41) is 12.6. The van der Waals surface area contributed by atoms with Crippen LogP contribution in [0.3, 0.4) is 0 Å². The Balaban J connectivity index is 1.77. The molecule has 0 radical (unpaired) electrons. The van der Waals surface area contributed by atoms with Crippen LogP contribution in [-0.4, -0.2) is 9.97 Å². The summed E-state index contributed by atoms with van der Waals surface area (Å²) in [5.41, 5.74) is 2.26. The molecular weight excluding hydrogens is 346 g/mol. The lowest BCUT2D eigenvalue weighted by atomic mass is 10.1. The predicted molar refractivity (Wildman–Crippen MR) is 101 cm³/mol. The van der Waals surface area contributed by atoms with Crippen LogP contribution < -0.4 is 5.63 Å². The van der Waals surface area contributed by atoms with Gasteiger partial charge >= 0.3 is 5.63 Å². The SMILES string of the molecule is N#C/C(=C\c1ccncc1)c1nc(-c2cc3ccccc3oc2=O)cs1. The van der Waals surface area contributed by atoms with Gasteiger partial charge in [-0.15, -0.1) is 11.3 Å². The molecule has 0 fully saturated rings. The normalized spacial score (nSPS) is 11.4. The minimum Gasteiger partial charge on any atom is -0.422 e. The quantitative estimate of drug-likeness (QED) is 0.402. The number of para-hydroxylation sites is 1. The third-order valence-corrected chi connectivity index (χ3v) is 4.67. The van der Waals surface area contributed by atoms with E-state index in [1.54, 1.807) is 36.0 Å². The Kier molecular flexibility index (Phi) is 4.14. The molecule has 0 spiro atoms. The van der Waals surface area contributed by atoms with Gasteiger partial charge in [0.05, 0.1) is 16.8 Å². The van der Waals surface area contributed by atoms with E-state index in [9.17, 15) is 10.1 Å². The lowest BCUT2D eigenvalue weighted by Crippen LogP contribution is -2.02. The fourth-order valence-electron chi connectivity index (χ4n) is 2.53. The average molecular weight is 357 g/mol. The van der Waals surface area contributed by atoms with E-state index in [0.717, 1.165) is 10.9 Å². The fraction of sp³-hybridized carbons (Fsp3) is 0. The van der Waals surface area contributed by atoms with Gasteiger partial charge in [0.1, 0.15) is 16.7 Å². The molecule has 5 nitrogen and oxygen atoms in total. The number of allylic oxidation sites excluding steroid dienone is 1. The molecule has 0 saturated heterocycles. The summed E-state index contributed by atoms with van der Waals surface area (Å²) in [6.07, 6.45) is 5.07. The molecule has 0 N–H and O–H groups in total. The molecule has 0 aliphatic heterocycles. The average Bonchev–Trinajstić information content (AvgIpc) is 3.16. The highest BCUT2D eigenvalue weighted by atomic mass is 32.1. The number of thiazole rings is 1. The second-order valence-corrected chi connectivity index (χ2v) is 6.33. The number of nitriles is 1. The van der Waals surface area contributed by atoms with E-state index < -0.39 is 5.63 Å². The van der Waals surface area contributed by atoms with Crippen LogP contribution in [0, 0.1) is 11.3 Å². The zero-order chi connectivity index (χ0) is 17.9. The van der Waals surface area contributed by atoms with E-state index in [2.05, 4.69) is 16.0 Å². The van der Waals surface area contributed by atoms with E-state index in [-0.39, 0.29) is 0 Å². The summed E-state index contributed by atoms with van der Waals surface area (Å²) in [6.45, 7) is 0. The number of pyridine rings is 1. The van der Waals surface area contributed by atoms with Crippen molar-refractivity contribution in [1.29, 1.82) is 5.26 Å². The Morgan fingerprint density at radius 2 is 2.00 bits per heavy atom. The summed E-state index contributed by atoms with van der Waals surface area (Å²) in [4.78, 5) is 20.7. The third kappa shape index (κ3) is 3.04. The first-order valence-corrected chi connectivity index (χ1v) is 8.63. The first kappa shape index (κ1) is 15.9. The standard InChI is InChI=1S/C20H11N3O2S/c21-11-15(9-13-5-7-22-8-6-13)19-23-17(12-26-19)16-10-14-3-1-2-4-18(14)25-20(16)24/h1-10,12H/b15-9+. The van der Waals surface area contributed by atoms with Crippen molar-refractivity contribution < 1.29 is 4.42 Å². The maximum atomic E-state index is 12.3. The van der Waals surface area contributed by atoms with Crippen molar-refractivity contribution in [2.45, 2.75) is 0 Å². The summed E-state index contributed by atoms with van der Waals surface area (Å²) < 4.78 is 5.36. The maximum absolute atomic E-state index is 12.3. The highest BCUT2D eigenvalue weighted by Gasteiger charge is 2.13. The number of hydrogen-bond acceptors (Lipinski definition) is 6. The molecule has 3 aromatic heterocycles. The second kappa shape index (κ2) is 6.75. The van der Waals surface area contributed by atoms with Gasteiger partial charge in [0.2, 0.25) is 0 Å². The molecule has 26 heavy (non-hydrogen) atoms. The Bertz CT molecular complexity index is 1220. The van der Waals surface area contributed by atoms with Crippen LogP contribution in [0.15, 0.2) is 69.5 Å². The molecule has 0 aliphatic carbocycles. The molecule has 0 atom stereocenters. The second-order valence-electron chi connectivity index (χ2n) is 5.47. The molecule has 0 aliphatic rings. The van der Waals surface area contributed by atoms with Crippen LogP contribution in [0.4, 0.5) is 0 Å². The highest BCUT2D eigenvalue weighted by molar-refractivity contribution is 7.11. The molecule has 4 aromatic rings. The van der Waals surface area contributed by atoms with Gasteiger partial charge in [0, 0.05) is 23.2 Å². The summed E-state index contributed by atoms with van der Waals surface area (Å²) in [6, 6.07) is 14.9. The van der Waals surface area contributed by atoms with Gasteiger partial charge in [-0.2, -0.15) is 5.26 Å². The van der Waals surface area contributed by atoms with E-state index in [1.165, 1.54) is 11.3 Å². The molecule has 3 heterocycles. The van der Waals surface area contributed by atoms with E-state index in [1.807, 2.05) is 30.3 Å². The molecule has 0 saturated carbocycles. The monoisotopic (exact) mass is 357 g/mol. The zero-order valence-electron chi connectivity index (χ0n) is 13.4. The van der Waals surface area contributed by atoms with E-state index >= 15 is 0 Å². The van der Waals surface area contributed by atoms with Crippen molar-refractivity contribution in [2.75, 3.05) is 0 Å². The first-order chi connectivity index (χ1) is 12.7. The molecular formula is C20H11N3O2S. The van der Waals surface area contributed by atoms with Gasteiger partial charge in [0.15, 0.2) is 0 Å². The van der Waals surface area contributed by atoms with Gasteiger partial charge in [-0.3, -0.25) is 4.98 Å². The first-order valence-electron chi connectivity index (χ1n) is 7.75. The van der Waals surface area contributed by atoms with Gasteiger partial charge in [0.25, 0.3) is 0 Å². The molecule has 1 aromatic carbocycles. The van der Waals surface area contributed by atoms with Gasteiger partial charge in [-0.05, 0) is 35.9 Å². The fourth-order valence-corrected chi connectivity index (χ4v) is 3.32. The molecule has 124 valence electrons. The number of benzene rings is 1. The van der Waals surface area contributed by atoms with Crippen molar-refractivity contribution in [2.24, 2.45) is 0 Å². The van der Waals surface area contributed by atoms with Crippen molar-refractivity contribution in [3.8, 4) is 17.3 Å². The molecule has 6 heteroatoms. The van der Waals surface area contributed by atoms with E-state index in [4.69, 9.17) is 4.42 Å². The minimum absolute atomic E-state index is 0.382. The van der Waals surface area contributed by atoms with Crippen molar-refractivity contribution in [3.05, 3.63) is 81.2 Å². The van der Waals surface area contributed by atoms with Gasteiger partial charge < -0.3 is 4.42 Å². The lowest BCUT2D eigenvalue weighted by molar-refractivity contribution is 0.563. The van der Waals surface area contributed by atoms with Crippen molar-refractivity contribution in [3.63, 3.8) is 0 Å². The summed E-state index contributed by atoms with van der Waals surface area (Å²) in [5.74, 6) is 0. The Morgan fingerprint density at radius 3 is 2.81 bits per heavy atom. The molecule has 4 rings (SSSR count). The highest BCUT2D eigenvalue weighted by Crippen LogP contribution is 2.27. The molecule has 0 amide bonds. The number of nitrogens with zero attached hydrogens (tertiary/aromatic N) is 3. The van der Waals surface area contributed by atoms with Crippen molar-refractivity contribution in [1.82, 2.24) is 9.97 Å². The topological polar surface area (TPSA) is 79.8 Å². The van der Waals surface area contributed by atoms with Gasteiger partial charge in [-0.1, -0.05) is 18.2 Å². The molecule has 0 unspecified atom stereocenters. The smallest absolute Gasteiger partial charge is 0.345 e. The lowest BCUT2D eigenvalue weighted by Gasteiger charge is -1.99. The molecule has 0 bridgehead atoms. The predicted octanol–water partition coefficient (Wildman–Crippen LogP) is 4.38. The van der Waals surface area contributed by atoms with Crippen LogP contribution in [0.5, 0.6) is 0 Å². The van der Waals surface area contributed by atoms with Crippen LogP contribution in [0.2, 0.25) is 0 Å². The maximum Gasteiger partial charge on any atom is 0.345 e.